The Morgan fingerprint density at radius 1 is 1.32 bits per heavy atom. The maximum atomic E-state index is 11.8. The predicted octanol–water partition coefficient (Wildman–Crippen LogP) is 3.38. The zero-order chi connectivity index (χ0) is 17.4. The standard InChI is InChI=1S/C18H27N3O2S.HI/c1-4-23-17(22)15-9-11-21(12-10-15)18(19-2)20-13-14-5-7-16(24-3)8-6-14;/h5-8,15H,4,9-13H2,1-3H3,(H,19,20);1H. The minimum atomic E-state index is -0.0611. The summed E-state index contributed by atoms with van der Waals surface area (Å²) >= 11 is 1.74. The second-order valence-electron chi connectivity index (χ2n) is 5.76. The van der Waals surface area contributed by atoms with Crippen molar-refractivity contribution in [2.45, 2.75) is 31.2 Å². The molecule has 0 unspecified atom stereocenters. The lowest BCUT2D eigenvalue weighted by atomic mass is 9.97. The van der Waals surface area contributed by atoms with E-state index in [1.165, 1.54) is 10.5 Å². The van der Waals surface area contributed by atoms with Crippen molar-refractivity contribution in [3.63, 3.8) is 0 Å². The average molecular weight is 477 g/mol. The van der Waals surface area contributed by atoms with Crippen LogP contribution in [0.4, 0.5) is 0 Å². The maximum Gasteiger partial charge on any atom is 0.309 e. The first-order valence-electron chi connectivity index (χ1n) is 8.43. The van der Waals surface area contributed by atoms with Crippen LogP contribution < -0.4 is 5.32 Å². The van der Waals surface area contributed by atoms with Crippen LogP contribution in [0.2, 0.25) is 0 Å². The molecule has 1 aliphatic heterocycles. The van der Waals surface area contributed by atoms with E-state index in [1.54, 1.807) is 18.8 Å². The van der Waals surface area contributed by atoms with Crippen LogP contribution in [-0.4, -0.2) is 49.8 Å². The number of halogens is 1. The molecular weight excluding hydrogens is 449 g/mol. The Morgan fingerprint density at radius 3 is 2.48 bits per heavy atom. The molecule has 7 heteroatoms. The van der Waals surface area contributed by atoms with E-state index in [1.807, 2.05) is 6.92 Å². The highest BCUT2D eigenvalue weighted by molar-refractivity contribution is 14.0. The summed E-state index contributed by atoms with van der Waals surface area (Å²) < 4.78 is 5.12. The fraction of sp³-hybridized carbons (Fsp3) is 0.556. The zero-order valence-corrected chi connectivity index (χ0v) is 18.3. The summed E-state index contributed by atoms with van der Waals surface area (Å²) in [5.74, 6) is 0.860. The van der Waals surface area contributed by atoms with Crippen molar-refractivity contribution in [2.24, 2.45) is 10.9 Å². The number of esters is 1. The largest absolute Gasteiger partial charge is 0.466 e. The van der Waals surface area contributed by atoms with Gasteiger partial charge in [0.05, 0.1) is 12.5 Å². The fourth-order valence-electron chi connectivity index (χ4n) is 2.84. The number of ether oxygens (including phenoxy) is 1. The molecule has 0 radical (unpaired) electrons. The third kappa shape index (κ3) is 6.69. The highest BCUT2D eigenvalue weighted by atomic mass is 127. The summed E-state index contributed by atoms with van der Waals surface area (Å²) in [6.45, 7) is 4.71. The highest BCUT2D eigenvalue weighted by Crippen LogP contribution is 2.19. The van der Waals surface area contributed by atoms with Crippen LogP contribution in [0.1, 0.15) is 25.3 Å². The monoisotopic (exact) mass is 477 g/mol. The van der Waals surface area contributed by atoms with Crippen molar-refractivity contribution in [2.75, 3.05) is 33.0 Å². The molecule has 1 aliphatic rings. The zero-order valence-electron chi connectivity index (χ0n) is 15.2. The van der Waals surface area contributed by atoms with Crippen molar-refractivity contribution < 1.29 is 9.53 Å². The molecule has 1 heterocycles. The topological polar surface area (TPSA) is 53.9 Å². The van der Waals surface area contributed by atoms with E-state index < -0.39 is 0 Å². The van der Waals surface area contributed by atoms with Crippen LogP contribution >= 0.6 is 35.7 Å². The summed E-state index contributed by atoms with van der Waals surface area (Å²) in [4.78, 5) is 19.7. The molecule has 1 aromatic carbocycles. The van der Waals surface area contributed by atoms with Crippen molar-refractivity contribution in [3.05, 3.63) is 29.8 Å². The van der Waals surface area contributed by atoms with Gasteiger partial charge in [-0.25, -0.2) is 0 Å². The summed E-state index contributed by atoms with van der Waals surface area (Å²) in [6, 6.07) is 8.54. The minimum absolute atomic E-state index is 0. The molecule has 0 saturated carbocycles. The number of nitrogens with zero attached hydrogens (tertiary/aromatic N) is 2. The van der Waals surface area contributed by atoms with Gasteiger partial charge in [0.1, 0.15) is 0 Å². The van der Waals surface area contributed by atoms with Crippen molar-refractivity contribution in [1.29, 1.82) is 0 Å². The molecule has 0 amide bonds. The van der Waals surface area contributed by atoms with Crippen molar-refractivity contribution in [1.82, 2.24) is 10.2 Å². The number of likely N-dealkylation sites (tertiary alicyclic amines) is 1. The number of hydrogen-bond acceptors (Lipinski definition) is 4. The molecule has 25 heavy (non-hydrogen) atoms. The Balaban J connectivity index is 0.00000312. The Morgan fingerprint density at radius 2 is 1.96 bits per heavy atom. The number of aliphatic imine (C=N–C) groups is 1. The molecule has 1 fully saturated rings. The quantitative estimate of drug-likeness (QED) is 0.232. The van der Waals surface area contributed by atoms with Crippen LogP contribution in [0.5, 0.6) is 0 Å². The second kappa shape index (κ2) is 11.6. The van der Waals surface area contributed by atoms with Gasteiger partial charge in [-0.3, -0.25) is 9.79 Å². The number of guanidine groups is 1. The number of rotatable bonds is 5. The number of benzene rings is 1. The minimum Gasteiger partial charge on any atom is -0.466 e. The van der Waals surface area contributed by atoms with Gasteiger partial charge < -0.3 is 15.0 Å². The van der Waals surface area contributed by atoms with E-state index in [0.717, 1.165) is 38.4 Å². The normalized spacial score (nSPS) is 15.5. The van der Waals surface area contributed by atoms with Gasteiger partial charge in [-0.05, 0) is 43.7 Å². The first kappa shape index (κ1) is 22.1. The number of carbonyl (C=O) groups excluding carboxylic acids is 1. The van der Waals surface area contributed by atoms with Crippen LogP contribution in [0, 0.1) is 5.92 Å². The van der Waals surface area contributed by atoms with Crippen LogP contribution in [0.25, 0.3) is 0 Å². The summed E-state index contributed by atoms with van der Waals surface area (Å²) in [5.41, 5.74) is 1.23. The summed E-state index contributed by atoms with van der Waals surface area (Å²) in [7, 11) is 1.80. The van der Waals surface area contributed by atoms with Crippen LogP contribution in [-0.2, 0) is 16.1 Å². The molecule has 5 nitrogen and oxygen atoms in total. The van der Waals surface area contributed by atoms with Crippen molar-refractivity contribution in [3.8, 4) is 0 Å². The molecule has 0 aromatic heterocycles. The molecule has 1 N–H and O–H groups in total. The van der Waals surface area contributed by atoms with Gasteiger partial charge in [0, 0.05) is 31.6 Å². The van der Waals surface area contributed by atoms with E-state index in [-0.39, 0.29) is 35.9 Å². The molecule has 0 spiro atoms. The van der Waals surface area contributed by atoms with Gasteiger partial charge in [-0.15, -0.1) is 35.7 Å². The smallest absolute Gasteiger partial charge is 0.309 e. The first-order valence-corrected chi connectivity index (χ1v) is 9.65. The van der Waals surface area contributed by atoms with E-state index in [9.17, 15) is 4.79 Å². The SMILES string of the molecule is CCOC(=O)C1CCN(C(=NC)NCc2ccc(SC)cc2)CC1.I. The highest BCUT2D eigenvalue weighted by Gasteiger charge is 2.27. The predicted molar refractivity (Wildman–Crippen MR) is 115 cm³/mol. The summed E-state index contributed by atoms with van der Waals surface area (Å²) in [6.07, 6.45) is 3.72. The Bertz CT molecular complexity index is 558. The lowest BCUT2D eigenvalue weighted by molar-refractivity contribution is -0.149. The van der Waals surface area contributed by atoms with E-state index >= 15 is 0 Å². The van der Waals surface area contributed by atoms with Gasteiger partial charge in [0.25, 0.3) is 0 Å². The van der Waals surface area contributed by atoms with Crippen LogP contribution in [0.15, 0.2) is 34.2 Å². The van der Waals surface area contributed by atoms with Gasteiger partial charge in [0.2, 0.25) is 0 Å². The van der Waals surface area contributed by atoms with Gasteiger partial charge in [-0.1, -0.05) is 12.1 Å². The number of carbonyl (C=O) groups is 1. The molecular formula is C18H28IN3O2S. The summed E-state index contributed by atoms with van der Waals surface area (Å²) in [5, 5.41) is 3.42. The molecule has 1 aromatic rings. The van der Waals surface area contributed by atoms with E-state index in [0.29, 0.717) is 6.61 Å². The number of nitrogens with one attached hydrogen (secondary N) is 1. The third-order valence-electron chi connectivity index (χ3n) is 4.24. The van der Waals surface area contributed by atoms with Gasteiger partial charge in [-0.2, -0.15) is 0 Å². The average Bonchev–Trinajstić information content (AvgIpc) is 2.63. The number of thioether (sulfide) groups is 1. The van der Waals surface area contributed by atoms with Gasteiger partial charge >= 0.3 is 5.97 Å². The Hall–Kier alpha value is -0.960. The number of piperidine rings is 1. The fourth-order valence-corrected chi connectivity index (χ4v) is 3.25. The molecule has 0 bridgehead atoms. The molecule has 0 atom stereocenters. The Labute approximate surface area is 172 Å². The van der Waals surface area contributed by atoms with Gasteiger partial charge in [0.15, 0.2) is 5.96 Å². The van der Waals surface area contributed by atoms with Crippen molar-refractivity contribution >= 4 is 47.7 Å². The molecule has 0 aliphatic carbocycles. The lowest BCUT2D eigenvalue weighted by Crippen LogP contribution is -2.46. The third-order valence-corrected chi connectivity index (χ3v) is 4.98. The molecule has 2 rings (SSSR count). The Kier molecular flexibility index (Phi) is 10.3. The van der Waals surface area contributed by atoms with Crippen LogP contribution in [0.3, 0.4) is 0 Å². The number of hydrogen-bond donors (Lipinski definition) is 1. The second-order valence-corrected chi connectivity index (χ2v) is 6.64. The molecule has 140 valence electrons. The maximum absolute atomic E-state index is 11.8. The van der Waals surface area contributed by atoms with E-state index in [2.05, 4.69) is 45.7 Å². The van der Waals surface area contributed by atoms with E-state index in [4.69, 9.17) is 4.74 Å². The lowest BCUT2D eigenvalue weighted by Gasteiger charge is -2.33. The first-order chi connectivity index (χ1) is 11.7. The molecule has 1 saturated heterocycles.